The molecule has 0 unspecified atom stereocenters. The van der Waals surface area contributed by atoms with Crippen LogP contribution in [0.4, 0.5) is 0 Å². The summed E-state index contributed by atoms with van der Waals surface area (Å²) in [5.74, 6) is 0.680. The number of rotatable bonds is 4. The predicted molar refractivity (Wildman–Crippen MR) is 97.3 cm³/mol. The van der Waals surface area contributed by atoms with Gasteiger partial charge in [0.15, 0.2) is 0 Å². The second-order valence-electron chi connectivity index (χ2n) is 6.17. The van der Waals surface area contributed by atoms with E-state index in [-0.39, 0.29) is 5.75 Å². The fourth-order valence-electron chi connectivity index (χ4n) is 2.97. The summed E-state index contributed by atoms with van der Waals surface area (Å²) in [6, 6.07) is 8.46. The number of nitrogens with zero attached hydrogens (tertiary/aromatic N) is 1. The van der Waals surface area contributed by atoms with Gasteiger partial charge in [0, 0.05) is 11.6 Å². The van der Waals surface area contributed by atoms with Gasteiger partial charge in [0.05, 0.1) is 25.5 Å². The van der Waals surface area contributed by atoms with Gasteiger partial charge in [-0.3, -0.25) is 0 Å². The number of carbonyl (C=O) groups is 1. The third-order valence-corrected chi connectivity index (χ3v) is 4.42. The number of hydrogen-bond acceptors (Lipinski definition) is 6. The third-order valence-electron chi connectivity index (χ3n) is 4.42. The monoisotopic (exact) mass is 355 g/mol. The van der Waals surface area contributed by atoms with Crippen molar-refractivity contribution in [2.75, 3.05) is 14.2 Å². The largest absolute Gasteiger partial charge is 0.508 e. The summed E-state index contributed by atoms with van der Waals surface area (Å²) in [5, 5.41) is 14.0. The van der Waals surface area contributed by atoms with Crippen molar-refractivity contribution in [1.82, 2.24) is 0 Å². The van der Waals surface area contributed by atoms with Crippen LogP contribution >= 0.6 is 0 Å². The maximum atomic E-state index is 12.4. The summed E-state index contributed by atoms with van der Waals surface area (Å²) in [4.78, 5) is 17.5. The van der Waals surface area contributed by atoms with Crippen LogP contribution in [0.1, 0.15) is 39.9 Å². The highest BCUT2D eigenvalue weighted by Gasteiger charge is 2.19. The Bertz CT molecular complexity index is 850. The lowest BCUT2D eigenvalue weighted by atomic mass is 9.88. The van der Waals surface area contributed by atoms with Crippen molar-refractivity contribution in [3.8, 4) is 17.2 Å². The number of carbonyl (C=O) groups excluding carboxylic acids is 1. The van der Waals surface area contributed by atoms with Crippen LogP contribution < -0.4 is 9.47 Å². The second kappa shape index (κ2) is 7.47. The highest BCUT2D eigenvalue weighted by Crippen LogP contribution is 2.29. The molecule has 26 heavy (non-hydrogen) atoms. The number of ether oxygens (including phenoxy) is 2. The standard InChI is InChI=1S/C20H21NO5/c1-12-7-17-13(10-19(12)22)5-4-6-18(17)21-26-20(23)14-8-15(24-2)11-16(9-14)25-3/h7-11,22H,4-6H2,1-3H3/b21-18+. The van der Waals surface area contributed by atoms with Crippen LogP contribution in [-0.2, 0) is 11.3 Å². The summed E-state index contributed by atoms with van der Waals surface area (Å²) in [6.45, 7) is 1.83. The maximum Gasteiger partial charge on any atom is 0.366 e. The molecule has 0 fully saturated rings. The van der Waals surface area contributed by atoms with E-state index in [4.69, 9.17) is 14.3 Å². The molecule has 1 N–H and O–H groups in total. The van der Waals surface area contributed by atoms with E-state index in [1.807, 2.05) is 13.0 Å². The number of phenols is 1. The van der Waals surface area contributed by atoms with Gasteiger partial charge in [0.2, 0.25) is 0 Å². The number of benzene rings is 2. The van der Waals surface area contributed by atoms with Gasteiger partial charge < -0.3 is 19.4 Å². The van der Waals surface area contributed by atoms with Crippen LogP contribution in [0.15, 0.2) is 35.5 Å². The fourth-order valence-corrected chi connectivity index (χ4v) is 2.97. The number of phenolic OH excluding ortho intramolecular Hbond substituents is 1. The van der Waals surface area contributed by atoms with E-state index in [0.29, 0.717) is 29.2 Å². The Morgan fingerprint density at radius 2 is 1.73 bits per heavy atom. The summed E-state index contributed by atoms with van der Waals surface area (Å²) >= 11 is 0. The van der Waals surface area contributed by atoms with Gasteiger partial charge in [-0.15, -0.1) is 0 Å². The molecule has 1 aliphatic rings. The zero-order valence-electron chi connectivity index (χ0n) is 15.0. The smallest absolute Gasteiger partial charge is 0.366 e. The molecule has 1 aliphatic carbocycles. The fraction of sp³-hybridized carbons (Fsp3) is 0.300. The van der Waals surface area contributed by atoms with Gasteiger partial charge in [-0.2, -0.15) is 0 Å². The highest BCUT2D eigenvalue weighted by molar-refractivity contribution is 6.03. The number of aryl methyl sites for hydroxylation is 2. The van der Waals surface area contributed by atoms with Crippen LogP contribution in [0.2, 0.25) is 0 Å². The maximum absolute atomic E-state index is 12.4. The topological polar surface area (TPSA) is 77.4 Å². The number of oxime groups is 1. The molecule has 0 bridgehead atoms. The first kappa shape index (κ1) is 17.8. The number of methoxy groups -OCH3 is 2. The van der Waals surface area contributed by atoms with Crippen molar-refractivity contribution < 1.29 is 24.2 Å². The van der Waals surface area contributed by atoms with Crippen LogP contribution in [-0.4, -0.2) is 31.0 Å². The molecule has 136 valence electrons. The van der Waals surface area contributed by atoms with Crippen molar-refractivity contribution in [3.05, 3.63) is 52.6 Å². The molecule has 3 rings (SSSR count). The molecule has 2 aromatic rings. The molecular weight excluding hydrogens is 334 g/mol. The van der Waals surface area contributed by atoms with Gasteiger partial charge in [0.25, 0.3) is 0 Å². The van der Waals surface area contributed by atoms with Crippen molar-refractivity contribution in [2.45, 2.75) is 26.2 Å². The third kappa shape index (κ3) is 3.64. The van der Waals surface area contributed by atoms with E-state index >= 15 is 0 Å². The van der Waals surface area contributed by atoms with Crippen molar-refractivity contribution in [1.29, 1.82) is 0 Å². The van der Waals surface area contributed by atoms with Crippen LogP contribution in [0.25, 0.3) is 0 Å². The molecule has 0 aliphatic heterocycles. The Balaban J connectivity index is 1.85. The molecule has 2 aromatic carbocycles. The molecular formula is C20H21NO5. The van der Waals surface area contributed by atoms with E-state index in [1.165, 1.54) is 14.2 Å². The Morgan fingerprint density at radius 1 is 1.04 bits per heavy atom. The van der Waals surface area contributed by atoms with Crippen LogP contribution in [0, 0.1) is 6.92 Å². The molecule has 0 aromatic heterocycles. The van der Waals surface area contributed by atoms with Gasteiger partial charge in [0.1, 0.15) is 17.2 Å². The Labute approximate surface area is 152 Å². The number of aromatic hydroxyl groups is 1. The van der Waals surface area contributed by atoms with Crippen LogP contribution in [0.3, 0.4) is 0 Å². The molecule has 0 radical (unpaired) electrons. The SMILES string of the molecule is COc1cc(OC)cc(C(=O)O/N=C2\CCCc3cc(O)c(C)cc32)c1. The first-order chi connectivity index (χ1) is 12.5. The minimum absolute atomic E-state index is 0.269. The quantitative estimate of drug-likeness (QED) is 0.669. The molecule has 0 amide bonds. The van der Waals surface area contributed by atoms with E-state index in [2.05, 4.69) is 5.16 Å². The first-order valence-corrected chi connectivity index (χ1v) is 8.36. The molecule has 6 heteroatoms. The molecule has 0 saturated heterocycles. The minimum Gasteiger partial charge on any atom is -0.508 e. The number of fused-ring (bicyclic) bond motifs is 1. The van der Waals surface area contributed by atoms with E-state index in [9.17, 15) is 9.90 Å². The second-order valence-corrected chi connectivity index (χ2v) is 6.17. The average Bonchev–Trinajstić information content (AvgIpc) is 2.66. The molecule has 0 saturated carbocycles. The highest BCUT2D eigenvalue weighted by atomic mass is 16.7. The van der Waals surface area contributed by atoms with E-state index in [0.717, 1.165) is 29.5 Å². The zero-order valence-corrected chi connectivity index (χ0v) is 15.0. The lowest BCUT2D eigenvalue weighted by molar-refractivity contribution is 0.0514. The van der Waals surface area contributed by atoms with E-state index < -0.39 is 5.97 Å². The molecule has 6 nitrogen and oxygen atoms in total. The summed E-state index contributed by atoms with van der Waals surface area (Å²) in [6.07, 6.45) is 2.47. The Kier molecular flexibility index (Phi) is 5.11. The van der Waals surface area contributed by atoms with Gasteiger partial charge >= 0.3 is 5.97 Å². The lowest BCUT2D eigenvalue weighted by Crippen LogP contribution is -2.14. The van der Waals surface area contributed by atoms with Crippen molar-refractivity contribution >= 4 is 11.7 Å². The molecule has 0 heterocycles. The Morgan fingerprint density at radius 3 is 2.38 bits per heavy atom. The normalized spacial score (nSPS) is 14.7. The first-order valence-electron chi connectivity index (χ1n) is 8.36. The van der Waals surface area contributed by atoms with Crippen molar-refractivity contribution in [2.24, 2.45) is 5.16 Å². The Hall–Kier alpha value is -3.02. The average molecular weight is 355 g/mol. The van der Waals surface area contributed by atoms with E-state index in [1.54, 1.807) is 24.3 Å². The molecule has 0 atom stereocenters. The lowest BCUT2D eigenvalue weighted by Gasteiger charge is -2.18. The van der Waals surface area contributed by atoms with Crippen LogP contribution in [0.5, 0.6) is 17.2 Å². The number of hydrogen-bond donors (Lipinski definition) is 1. The zero-order chi connectivity index (χ0) is 18.7. The van der Waals surface area contributed by atoms with Gasteiger partial charge in [-0.05, 0) is 61.6 Å². The predicted octanol–water partition coefficient (Wildman–Crippen LogP) is 3.62. The van der Waals surface area contributed by atoms with Gasteiger partial charge in [-0.1, -0.05) is 5.16 Å². The molecule has 0 spiro atoms. The minimum atomic E-state index is -0.586. The summed E-state index contributed by atoms with van der Waals surface area (Å²) < 4.78 is 10.3. The van der Waals surface area contributed by atoms with Crippen molar-refractivity contribution in [3.63, 3.8) is 0 Å². The van der Waals surface area contributed by atoms with Gasteiger partial charge in [-0.25, -0.2) is 4.79 Å². The summed E-state index contributed by atoms with van der Waals surface area (Å²) in [5.41, 5.74) is 3.70. The summed E-state index contributed by atoms with van der Waals surface area (Å²) in [7, 11) is 3.03.